The van der Waals surface area contributed by atoms with Crippen molar-refractivity contribution >= 4 is 28.4 Å². The normalized spacial score (nSPS) is 10.9. The van der Waals surface area contributed by atoms with Crippen molar-refractivity contribution in [2.75, 3.05) is 18.4 Å². The third-order valence-electron chi connectivity index (χ3n) is 1.80. The second-order valence-electron chi connectivity index (χ2n) is 3.30. The van der Waals surface area contributed by atoms with Gasteiger partial charge in [0.05, 0.1) is 6.54 Å². The van der Waals surface area contributed by atoms with E-state index in [9.17, 15) is 22.8 Å². The highest BCUT2D eigenvalue weighted by molar-refractivity contribution is 7.13. The second kappa shape index (κ2) is 6.36. The van der Waals surface area contributed by atoms with E-state index in [4.69, 9.17) is 0 Å². The Labute approximate surface area is 110 Å². The van der Waals surface area contributed by atoms with Crippen molar-refractivity contribution in [3.63, 3.8) is 0 Å². The van der Waals surface area contributed by atoms with Crippen molar-refractivity contribution in [1.82, 2.24) is 15.6 Å². The maximum atomic E-state index is 12.2. The fourth-order valence-corrected chi connectivity index (χ4v) is 1.74. The molecule has 0 aromatic carbocycles. The minimum atomic E-state index is -4.55. The van der Waals surface area contributed by atoms with Crippen molar-refractivity contribution in [2.45, 2.75) is 13.1 Å². The van der Waals surface area contributed by atoms with Crippen LogP contribution in [0.5, 0.6) is 0 Å². The molecule has 0 aliphatic heterocycles. The number of likely N-dealkylation sites (N-methyl/N-ethyl adjacent to an activating group) is 1. The summed E-state index contributed by atoms with van der Waals surface area (Å²) >= 11 is 0.646. The molecule has 0 unspecified atom stereocenters. The Morgan fingerprint density at radius 2 is 2.05 bits per heavy atom. The number of aromatic nitrogens is 1. The van der Waals surface area contributed by atoms with Crippen LogP contribution in [0.2, 0.25) is 0 Å². The van der Waals surface area contributed by atoms with Crippen molar-refractivity contribution in [3.05, 3.63) is 11.1 Å². The zero-order chi connectivity index (χ0) is 14.5. The molecule has 0 fully saturated rings. The maximum Gasteiger partial charge on any atom is 0.434 e. The largest absolute Gasteiger partial charge is 0.434 e. The van der Waals surface area contributed by atoms with Crippen LogP contribution in [0.25, 0.3) is 0 Å². The van der Waals surface area contributed by atoms with Gasteiger partial charge in [0.15, 0.2) is 10.8 Å². The Morgan fingerprint density at radius 1 is 1.37 bits per heavy atom. The van der Waals surface area contributed by atoms with Gasteiger partial charge in [0.1, 0.15) is 0 Å². The molecule has 0 saturated carbocycles. The number of rotatable bonds is 4. The molecular weight excluding hydrogens is 285 g/mol. The highest BCUT2D eigenvalue weighted by Gasteiger charge is 2.33. The molecule has 19 heavy (non-hydrogen) atoms. The molecule has 6 nitrogen and oxygen atoms in total. The van der Waals surface area contributed by atoms with E-state index >= 15 is 0 Å². The molecule has 1 heterocycles. The number of nitrogens with zero attached hydrogens (tertiary/aromatic N) is 1. The van der Waals surface area contributed by atoms with E-state index < -0.39 is 23.8 Å². The second-order valence-corrected chi connectivity index (χ2v) is 4.15. The average molecular weight is 296 g/mol. The number of anilines is 1. The highest BCUT2D eigenvalue weighted by Crippen LogP contribution is 2.31. The number of hydrogen-bond acceptors (Lipinski definition) is 4. The van der Waals surface area contributed by atoms with Gasteiger partial charge in [-0.3, -0.25) is 10.1 Å². The topological polar surface area (TPSA) is 83.1 Å². The van der Waals surface area contributed by atoms with E-state index in [0.717, 1.165) is 5.38 Å². The molecule has 1 aromatic heterocycles. The lowest BCUT2D eigenvalue weighted by Gasteiger charge is -2.05. The zero-order valence-electron chi connectivity index (χ0n) is 9.80. The van der Waals surface area contributed by atoms with Crippen LogP contribution >= 0.6 is 11.3 Å². The number of thiazole rings is 1. The zero-order valence-corrected chi connectivity index (χ0v) is 10.6. The molecule has 1 rings (SSSR count). The van der Waals surface area contributed by atoms with E-state index in [1.165, 1.54) is 0 Å². The molecule has 3 amide bonds. The number of amides is 3. The Hall–Kier alpha value is -1.84. The predicted molar refractivity (Wildman–Crippen MR) is 62.8 cm³/mol. The van der Waals surface area contributed by atoms with E-state index in [0.29, 0.717) is 17.9 Å². The maximum absolute atomic E-state index is 12.2. The number of urea groups is 1. The molecule has 3 N–H and O–H groups in total. The summed E-state index contributed by atoms with van der Waals surface area (Å²) in [7, 11) is 0. The number of nitrogens with one attached hydrogen (secondary N) is 3. The monoisotopic (exact) mass is 296 g/mol. The summed E-state index contributed by atoms with van der Waals surface area (Å²) in [6, 6.07) is -0.797. The fraction of sp³-hybridized carbons (Fsp3) is 0.444. The minimum absolute atomic E-state index is 0.194. The van der Waals surface area contributed by atoms with Gasteiger partial charge in [-0.25, -0.2) is 9.78 Å². The molecule has 10 heteroatoms. The van der Waals surface area contributed by atoms with E-state index in [2.05, 4.69) is 20.9 Å². The summed E-state index contributed by atoms with van der Waals surface area (Å²) in [5.74, 6) is -0.396. The van der Waals surface area contributed by atoms with E-state index in [1.54, 1.807) is 6.92 Å². The molecule has 0 aliphatic rings. The van der Waals surface area contributed by atoms with Crippen LogP contribution in [0.1, 0.15) is 12.6 Å². The Bertz CT molecular complexity index is 461. The van der Waals surface area contributed by atoms with Crippen LogP contribution in [0.3, 0.4) is 0 Å². The third kappa shape index (κ3) is 5.12. The molecule has 106 valence electrons. The van der Waals surface area contributed by atoms with Gasteiger partial charge in [-0.1, -0.05) is 0 Å². The van der Waals surface area contributed by atoms with Gasteiger partial charge < -0.3 is 10.6 Å². The first-order valence-corrected chi connectivity index (χ1v) is 6.05. The molecular formula is C9H11F3N4O2S. The SMILES string of the molecule is CCNC(=O)CNC(=O)Nc1nc(C(F)(F)F)cs1. The van der Waals surface area contributed by atoms with Crippen LogP contribution in [0.15, 0.2) is 5.38 Å². The van der Waals surface area contributed by atoms with Crippen LogP contribution in [-0.4, -0.2) is 30.0 Å². The third-order valence-corrected chi connectivity index (χ3v) is 2.56. The number of carbonyl (C=O) groups excluding carboxylic acids is 2. The quantitative estimate of drug-likeness (QED) is 0.785. The van der Waals surface area contributed by atoms with Gasteiger partial charge in [-0.15, -0.1) is 11.3 Å². The van der Waals surface area contributed by atoms with Gasteiger partial charge >= 0.3 is 12.2 Å². The lowest BCUT2D eigenvalue weighted by molar-refractivity contribution is -0.140. The molecule has 0 bridgehead atoms. The van der Waals surface area contributed by atoms with Gasteiger partial charge in [-0.05, 0) is 6.92 Å². The van der Waals surface area contributed by atoms with Crippen LogP contribution < -0.4 is 16.0 Å². The summed E-state index contributed by atoms with van der Waals surface area (Å²) in [6.45, 7) is 1.87. The fourth-order valence-electron chi connectivity index (χ4n) is 1.02. The Balaban J connectivity index is 2.45. The Kier molecular flexibility index (Phi) is 5.10. The smallest absolute Gasteiger partial charge is 0.355 e. The number of carbonyl (C=O) groups is 2. The van der Waals surface area contributed by atoms with Gasteiger partial charge in [0, 0.05) is 11.9 Å². The van der Waals surface area contributed by atoms with Crippen LogP contribution in [0, 0.1) is 0 Å². The van der Waals surface area contributed by atoms with Crippen LogP contribution in [-0.2, 0) is 11.0 Å². The first kappa shape index (κ1) is 15.2. The first-order chi connectivity index (χ1) is 8.82. The van der Waals surface area contributed by atoms with Gasteiger partial charge in [0.25, 0.3) is 0 Å². The summed E-state index contributed by atoms with van der Waals surface area (Å²) < 4.78 is 36.7. The highest BCUT2D eigenvalue weighted by atomic mass is 32.1. The predicted octanol–water partition coefficient (Wildman–Crippen LogP) is 1.42. The van der Waals surface area contributed by atoms with E-state index in [-0.39, 0.29) is 11.7 Å². The molecule has 0 atom stereocenters. The first-order valence-electron chi connectivity index (χ1n) is 5.17. The molecule has 1 aromatic rings. The summed E-state index contributed by atoms with van der Waals surface area (Å²) in [6.07, 6.45) is -4.55. The van der Waals surface area contributed by atoms with Crippen molar-refractivity contribution < 1.29 is 22.8 Å². The standard InChI is InChI=1S/C9H11F3N4O2S/c1-2-13-6(17)3-14-7(18)16-8-15-5(4-19-8)9(10,11)12/h4H,2-3H2,1H3,(H,13,17)(H2,14,15,16,18). The van der Waals surface area contributed by atoms with Crippen molar-refractivity contribution in [3.8, 4) is 0 Å². The van der Waals surface area contributed by atoms with Gasteiger partial charge in [-0.2, -0.15) is 13.2 Å². The Morgan fingerprint density at radius 3 is 2.58 bits per heavy atom. The minimum Gasteiger partial charge on any atom is -0.355 e. The van der Waals surface area contributed by atoms with Crippen LogP contribution in [0.4, 0.5) is 23.1 Å². The summed E-state index contributed by atoms with van der Waals surface area (Å²) in [4.78, 5) is 25.5. The summed E-state index contributed by atoms with van der Waals surface area (Å²) in [5.41, 5.74) is -1.07. The van der Waals surface area contributed by atoms with Gasteiger partial charge in [0.2, 0.25) is 5.91 Å². The van der Waals surface area contributed by atoms with Crippen molar-refractivity contribution in [2.24, 2.45) is 0 Å². The molecule has 0 aliphatic carbocycles. The number of alkyl halides is 3. The average Bonchev–Trinajstić information content (AvgIpc) is 2.75. The molecule has 0 saturated heterocycles. The molecule has 0 spiro atoms. The lowest BCUT2D eigenvalue weighted by atomic mass is 10.5. The lowest BCUT2D eigenvalue weighted by Crippen LogP contribution is -2.38. The van der Waals surface area contributed by atoms with Crippen molar-refractivity contribution in [1.29, 1.82) is 0 Å². The number of hydrogen-bond donors (Lipinski definition) is 3. The summed E-state index contributed by atoms with van der Waals surface area (Å²) in [5, 5.41) is 7.34. The molecule has 0 radical (unpaired) electrons. The number of halogens is 3. The van der Waals surface area contributed by atoms with E-state index in [1.807, 2.05) is 0 Å².